The molecule has 141 heavy (non-hydrogen) atoms. The molecule has 3 aromatic carbocycles. The number of benzene rings is 3. The number of halogens is 15. The predicted molar refractivity (Wildman–Crippen MR) is 555 cm³/mol. The highest BCUT2D eigenvalue weighted by Gasteiger charge is 2.42. The minimum atomic E-state index is -1.17. The predicted octanol–water partition coefficient (Wildman–Crippen LogP) is 22.6. The van der Waals surface area contributed by atoms with Crippen LogP contribution in [0.4, 0.5) is 51.7 Å². The van der Waals surface area contributed by atoms with Crippen molar-refractivity contribution in [1.82, 2.24) is 58.3 Å². The Hall–Kier alpha value is -12.0. The molecule has 3 amide bonds. The number of aryl methyl sites for hydroxylation is 3. The normalized spacial score (nSPS) is 16.6. The van der Waals surface area contributed by atoms with Gasteiger partial charge in [-0.05, 0) is 151 Å². The molecule has 3 aliphatic heterocycles. The van der Waals surface area contributed by atoms with Gasteiger partial charge in [-0.25, -0.2) is 32.5 Å². The van der Waals surface area contributed by atoms with Crippen LogP contribution in [0.15, 0.2) is 107 Å². The first-order chi connectivity index (χ1) is 66.5. The van der Waals surface area contributed by atoms with E-state index in [1.165, 1.54) is 38.0 Å². The van der Waals surface area contributed by atoms with Crippen LogP contribution in [0, 0.1) is 78.0 Å². The summed E-state index contributed by atoms with van der Waals surface area (Å²) in [5, 5.41) is 28.7. The van der Waals surface area contributed by atoms with Crippen molar-refractivity contribution < 1.29 is 31.9 Å². The number of aromatic nitrogens is 9. The topological polar surface area (TPSA) is 363 Å². The van der Waals surface area contributed by atoms with E-state index in [-0.39, 0.29) is 194 Å². The number of nitriles is 3. The average molecular weight is 2140 g/mol. The monoisotopic (exact) mass is 2130 g/mol. The van der Waals surface area contributed by atoms with Crippen LogP contribution in [0.25, 0.3) is 83.9 Å². The number of amides is 3. The molecule has 0 bridgehead atoms. The number of nitrogens with two attached hydrogens (primary N) is 3. The molecule has 42 heteroatoms. The molecule has 0 radical (unpaired) electrons. The molecule has 0 aliphatic carbocycles. The first kappa shape index (κ1) is 106. The third kappa shape index (κ3) is 18.7. The van der Waals surface area contributed by atoms with Gasteiger partial charge in [0.25, 0.3) is 16.7 Å². The van der Waals surface area contributed by atoms with Crippen LogP contribution < -0.4 is 48.6 Å². The van der Waals surface area contributed by atoms with Crippen LogP contribution in [0.2, 0.25) is 55.2 Å². The van der Waals surface area contributed by atoms with Crippen LogP contribution in [-0.4, -0.2) is 152 Å². The lowest BCUT2D eigenvalue weighted by molar-refractivity contribution is -0.131. The number of hydrogen-bond acceptors (Lipinski definition) is 21. The van der Waals surface area contributed by atoms with Gasteiger partial charge in [-0.2, -0.15) is 15.8 Å². The van der Waals surface area contributed by atoms with Gasteiger partial charge in [0.1, 0.15) is 66.9 Å². The number of nitrogen functional groups attached to an aromatic ring is 3. The fourth-order valence-electron chi connectivity index (χ4n) is 18.8. The Morgan fingerprint density at radius 3 is 0.865 bits per heavy atom. The van der Waals surface area contributed by atoms with Crippen molar-refractivity contribution in [1.29, 1.82) is 15.8 Å². The minimum Gasteiger partial charge on any atom is -0.397 e. The molecule has 0 unspecified atom stereocenters. The van der Waals surface area contributed by atoms with Crippen molar-refractivity contribution in [3.63, 3.8) is 0 Å². The van der Waals surface area contributed by atoms with Gasteiger partial charge in [-0.15, -0.1) is 0 Å². The summed E-state index contributed by atoms with van der Waals surface area (Å²) < 4.78 is 64.1. The van der Waals surface area contributed by atoms with Gasteiger partial charge in [0.05, 0.1) is 131 Å². The molecule has 6 atom stereocenters. The Kier molecular flexibility index (Phi) is 31.6. The zero-order valence-corrected chi connectivity index (χ0v) is 86.7. The molecule has 12 heterocycles. The van der Waals surface area contributed by atoms with E-state index in [1.54, 1.807) is 70.5 Å². The summed E-state index contributed by atoms with van der Waals surface area (Å²) in [5.41, 5.74) is 19.7. The molecule has 3 aliphatic rings. The highest BCUT2D eigenvalue weighted by molar-refractivity contribution is 6.48. The smallest absolute Gasteiger partial charge is 0.276 e. The van der Waals surface area contributed by atoms with E-state index in [2.05, 4.69) is 57.9 Å². The molecule has 6 N–H and O–H groups in total. The summed E-state index contributed by atoms with van der Waals surface area (Å²) in [4.78, 5) is 121. The zero-order valence-electron chi connectivity index (χ0n) is 78.4. The Bertz CT molecular complexity index is 6860. The molecule has 3 saturated heterocycles. The van der Waals surface area contributed by atoms with Crippen molar-refractivity contribution in [2.45, 2.75) is 158 Å². The van der Waals surface area contributed by atoms with Gasteiger partial charge >= 0.3 is 0 Å². The van der Waals surface area contributed by atoms with E-state index in [0.717, 1.165) is 0 Å². The third-order valence-electron chi connectivity index (χ3n) is 24.9. The van der Waals surface area contributed by atoms with Gasteiger partial charge in [0.2, 0.25) is 17.7 Å². The molecule has 3 fully saturated rings. The highest BCUT2D eigenvalue weighted by atomic mass is 35.5. The van der Waals surface area contributed by atoms with Crippen LogP contribution in [0.3, 0.4) is 0 Å². The molecule has 0 spiro atoms. The average Bonchev–Trinajstić information content (AvgIpc) is 0.725. The van der Waals surface area contributed by atoms with E-state index in [9.17, 15) is 53.3 Å². The molecular weight excluding hydrogens is 2050 g/mol. The van der Waals surface area contributed by atoms with E-state index in [1.807, 2.05) is 112 Å². The molecular formula is C99H90Cl11F4N21O6. The fraction of sp³-hybridized carbons (Fsp3) is 0.303. The summed E-state index contributed by atoms with van der Waals surface area (Å²) in [6.45, 7) is 40.7. The standard InChI is InChI=1S/2C33H30Cl4FN7O2.C33H30Cl3F2N7O2/c2*1-7-21(46)44-16(5)12-43(13-17(44)6)31-18-10-20(34)29(22-23(35)24(36)26(38)25(37)27(22)40)42-32(18)45(33(47)19(31)11-39)30-15(4)8-9-41-28(30)14(2)3;1-7-21(46)44-16(5)12-43(13-17(44)6)31-18-10-20(34)29(22-23(35)26(38)24(36)27(40)25(22)37)42-32(18)45(33(47)19(31)11-39)30-15(4)8-9-41-28(30)14(2)3/h3*7-10,14,16-17H,1,12-13,40H2,2-6H3/t3*16-,17+. The zero-order chi connectivity index (χ0) is 104. The summed E-state index contributed by atoms with van der Waals surface area (Å²) >= 11 is 70.5. The first-order valence-corrected chi connectivity index (χ1v) is 48.0. The fourth-order valence-corrected chi connectivity index (χ4v) is 21.5. The number of carbonyl (C=O) groups excluding carboxylic acids is 3. The number of hydrogen-bond donors (Lipinski definition) is 3. The highest BCUT2D eigenvalue weighted by Crippen LogP contribution is 2.52. The lowest BCUT2D eigenvalue weighted by Gasteiger charge is -2.45. The van der Waals surface area contributed by atoms with Gasteiger partial charge in [0, 0.05) is 121 Å². The van der Waals surface area contributed by atoms with Crippen LogP contribution in [-0.2, 0) is 14.4 Å². The quantitative estimate of drug-likeness (QED) is 0.0282. The van der Waals surface area contributed by atoms with Crippen LogP contribution in [0.1, 0.15) is 151 Å². The van der Waals surface area contributed by atoms with Crippen molar-refractivity contribution >= 4 is 213 Å². The molecule has 732 valence electrons. The number of anilines is 6. The molecule has 9 aromatic heterocycles. The number of piperazine rings is 3. The van der Waals surface area contributed by atoms with Gasteiger partial charge in [-0.1, -0.05) is 189 Å². The molecule has 12 aromatic rings. The van der Waals surface area contributed by atoms with Crippen LogP contribution in [0.5, 0.6) is 0 Å². The van der Waals surface area contributed by atoms with Gasteiger partial charge in [-0.3, -0.25) is 57.4 Å². The summed E-state index contributed by atoms with van der Waals surface area (Å²) in [6, 6.07) is 14.2. The maximum Gasteiger partial charge on any atom is 0.276 e. The van der Waals surface area contributed by atoms with Gasteiger partial charge < -0.3 is 46.6 Å². The maximum atomic E-state index is 15.7. The summed E-state index contributed by atoms with van der Waals surface area (Å²) in [7, 11) is 0. The van der Waals surface area contributed by atoms with Crippen molar-refractivity contribution in [3.8, 4) is 69.0 Å². The number of pyridine rings is 9. The Morgan fingerprint density at radius 1 is 0.383 bits per heavy atom. The maximum absolute atomic E-state index is 15.7. The van der Waals surface area contributed by atoms with Crippen LogP contribution >= 0.6 is 128 Å². The number of fused-ring (bicyclic) bond motifs is 3. The van der Waals surface area contributed by atoms with E-state index in [4.69, 9.17) is 155 Å². The van der Waals surface area contributed by atoms with Crippen molar-refractivity contribution in [3.05, 3.63) is 253 Å². The largest absolute Gasteiger partial charge is 0.397 e. The van der Waals surface area contributed by atoms with E-state index >= 15 is 8.78 Å². The minimum absolute atomic E-state index is 0.00921. The second-order valence-corrected chi connectivity index (χ2v) is 39.6. The summed E-state index contributed by atoms with van der Waals surface area (Å²) in [5.74, 6) is -5.43. The first-order valence-electron chi connectivity index (χ1n) is 43.9. The Balaban J connectivity index is 0.000000178. The second-order valence-electron chi connectivity index (χ2n) is 35.3. The Morgan fingerprint density at radius 2 is 0.624 bits per heavy atom. The Labute approximate surface area is 863 Å². The van der Waals surface area contributed by atoms with E-state index in [0.29, 0.717) is 99.2 Å². The van der Waals surface area contributed by atoms with Gasteiger partial charge in [0.15, 0.2) is 23.3 Å². The van der Waals surface area contributed by atoms with E-state index < -0.39 is 81.3 Å². The number of rotatable bonds is 15. The molecule has 15 rings (SSSR count). The van der Waals surface area contributed by atoms with Crippen molar-refractivity contribution in [2.75, 3.05) is 71.2 Å². The van der Waals surface area contributed by atoms with Crippen molar-refractivity contribution in [2.24, 2.45) is 0 Å². The SMILES string of the molecule is C=CC(=O)N1[C@H](C)CN(c2c(C#N)c(=O)n(-c3c(C)ccnc3C(C)C)c3nc(-c4c(F)c(N)c(Cl)c(F)c4Cl)c(Cl)cc23)C[C@@H]1C.C=CC(=O)N1[C@H](C)CN(c2c(C#N)c(=O)n(-c3c(C)ccnc3C(C)C)c3nc(-c4c(N)c(Cl)c(F)c(Cl)c4Cl)c(Cl)cc23)C[C@@H]1C.C=CC(=O)N1[C@H](C)CN(c2c(C#N)c(=O)n(-c3c(C)ccnc3C(C)C)c3nc(-c4c(N)c(Cl)c(F)c(Cl)c4Cl)c(Cl)cc23)C[C@@H]1C. The number of nitrogens with zero attached hydrogens (tertiary/aromatic N) is 18. The second kappa shape index (κ2) is 41.9. The molecule has 27 nitrogen and oxygen atoms in total. The molecule has 0 saturated carbocycles. The summed E-state index contributed by atoms with van der Waals surface area (Å²) in [6.07, 6.45) is 8.66. The number of carbonyl (C=O) groups is 3. The third-order valence-corrected chi connectivity index (χ3v) is 28.9. The lowest BCUT2D eigenvalue weighted by atomic mass is 10.0. The lowest BCUT2D eigenvalue weighted by Crippen LogP contribution is -2.58.